The van der Waals surface area contributed by atoms with Crippen LogP contribution in [-0.2, 0) is 4.84 Å². The molecular formula is C16H13NO3. The number of hydrogen-bond acceptors (Lipinski definition) is 4. The molecule has 0 aliphatic carbocycles. The Hall–Kier alpha value is -2.75. The second kappa shape index (κ2) is 6.99. The van der Waals surface area contributed by atoms with E-state index in [0.29, 0.717) is 11.1 Å². The van der Waals surface area contributed by atoms with E-state index < -0.39 is 0 Å². The summed E-state index contributed by atoms with van der Waals surface area (Å²) in [5, 5.41) is 2.35. The van der Waals surface area contributed by atoms with Crippen LogP contribution in [0.1, 0.15) is 15.9 Å². The van der Waals surface area contributed by atoms with E-state index >= 15 is 0 Å². The van der Waals surface area contributed by atoms with Gasteiger partial charge in [-0.1, -0.05) is 60.7 Å². The summed E-state index contributed by atoms with van der Waals surface area (Å²) in [4.78, 5) is 27.0. The normalized spacial score (nSPS) is 10.9. The maximum Gasteiger partial charge on any atom is 0.192 e. The molecule has 0 radical (unpaired) electrons. The third kappa shape index (κ3) is 3.62. The summed E-state index contributed by atoms with van der Waals surface area (Å²) in [6.45, 7) is -0.147. The molecule has 20 heavy (non-hydrogen) atoms. The average Bonchev–Trinajstić information content (AvgIpc) is 2.52. The van der Waals surface area contributed by atoms with Crippen molar-refractivity contribution in [3.63, 3.8) is 0 Å². The lowest BCUT2D eigenvalue weighted by Gasteiger charge is -2.05. The van der Waals surface area contributed by atoms with E-state index in [1.807, 2.05) is 36.4 Å². The van der Waals surface area contributed by atoms with E-state index in [1.54, 1.807) is 30.3 Å². The molecule has 0 spiro atoms. The molecule has 0 N–H and O–H groups in total. The molecule has 0 fully saturated rings. The first-order chi connectivity index (χ1) is 9.81. The van der Waals surface area contributed by atoms with Crippen LogP contribution < -0.4 is 0 Å². The molecule has 0 bridgehead atoms. The van der Waals surface area contributed by atoms with Crippen LogP contribution in [0.25, 0.3) is 6.08 Å². The molecule has 0 unspecified atom stereocenters. The zero-order chi connectivity index (χ0) is 14.2. The lowest BCUT2D eigenvalue weighted by molar-refractivity contribution is 0.0987. The van der Waals surface area contributed by atoms with Crippen LogP contribution in [0.4, 0.5) is 0 Å². The van der Waals surface area contributed by atoms with Gasteiger partial charge in [0.05, 0.1) is 0 Å². The van der Waals surface area contributed by atoms with E-state index in [2.05, 4.69) is 10.2 Å². The number of ketones is 1. The number of hydrogen-bond donors (Lipinski definition) is 0. The van der Waals surface area contributed by atoms with Gasteiger partial charge in [-0.25, -0.2) is 0 Å². The van der Waals surface area contributed by atoms with Gasteiger partial charge in [-0.15, -0.1) is 4.91 Å². The highest BCUT2D eigenvalue weighted by molar-refractivity contribution is 6.11. The van der Waals surface area contributed by atoms with E-state index in [-0.39, 0.29) is 12.4 Å². The van der Waals surface area contributed by atoms with Crippen molar-refractivity contribution < 1.29 is 9.63 Å². The summed E-state index contributed by atoms with van der Waals surface area (Å²) in [6.07, 6.45) is 1.69. The van der Waals surface area contributed by atoms with Crippen LogP contribution in [0.15, 0.2) is 71.6 Å². The Morgan fingerprint density at radius 3 is 2.20 bits per heavy atom. The molecule has 2 rings (SSSR count). The molecule has 0 atom stereocenters. The fourth-order valence-corrected chi connectivity index (χ4v) is 1.79. The lowest BCUT2D eigenvalue weighted by Crippen LogP contribution is -2.08. The van der Waals surface area contributed by atoms with Crippen LogP contribution in [0.3, 0.4) is 0 Å². The Balaban J connectivity index is 2.30. The van der Waals surface area contributed by atoms with Gasteiger partial charge in [0.1, 0.15) is 6.61 Å². The summed E-state index contributed by atoms with van der Waals surface area (Å²) >= 11 is 0. The molecule has 0 aromatic heterocycles. The number of benzene rings is 2. The molecule has 2 aromatic carbocycles. The van der Waals surface area contributed by atoms with Crippen molar-refractivity contribution in [2.45, 2.75) is 0 Å². The van der Waals surface area contributed by atoms with Crippen molar-refractivity contribution in [1.82, 2.24) is 0 Å². The van der Waals surface area contributed by atoms with Crippen molar-refractivity contribution in [2.75, 3.05) is 6.61 Å². The first-order valence-electron chi connectivity index (χ1n) is 6.11. The van der Waals surface area contributed by atoms with Crippen molar-refractivity contribution in [1.29, 1.82) is 0 Å². The monoisotopic (exact) mass is 267 g/mol. The summed E-state index contributed by atoms with van der Waals surface area (Å²) in [7, 11) is 0. The highest BCUT2D eigenvalue weighted by Gasteiger charge is 2.13. The first kappa shape index (κ1) is 13.7. The minimum atomic E-state index is -0.182. The molecule has 0 aliphatic heterocycles. The second-order valence-corrected chi connectivity index (χ2v) is 4.12. The molecule has 4 nitrogen and oxygen atoms in total. The van der Waals surface area contributed by atoms with E-state index in [9.17, 15) is 9.70 Å². The maximum atomic E-state index is 12.4. The van der Waals surface area contributed by atoms with Gasteiger partial charge < -0.3 is 4.84 Å². The highest BCUT2D eigenvalue weighted by atomic mass is 16.7. The maximum absolute atomic E-state index is 12.4. The standard InChI is InChI=1S/C16H13NO3/c18-16(14-9-5-2-6-10-14)15(12-20-17-19)11-13-7-3-1-4-8-13/h1-11H,12H2. The predicted molar refractivity (Wildman–Crippen MR) is 76.9 cm³/mol. The SMILES string of the molecule is O=NOCC(=Cc1ccccc1)C(=O)c1ccccc1. The van der Waals surface area contributed by atoms with Gasteiger partial charge in [0, 0.05) is 11.1 Å². The summed E-state index contributed by atoms with van der Waals surface area (Å²) in [5.74, 6) is -0.182. The summed E-state index contributed by atoms with van der Waals surface area (Å²) in [5.41, 5.74) is 1.78. The summed E-state index contributed by atoms with van der Waals surface area (Å²) in [6, 6.07) is 18.2. The fourth-order valence-electron chi connectivity index (χ4n) is 1.79. The Morgan fingerprint density at radius 2 is 1.60 bits per heavy atom. The van der Waals surface area contributed by atoms with Crippen LogP contribution in [-0.4, -0.2) is 12.4 Å². The highest BCUT2D eigenvalue weighted by Crippen LogP contribution is 2.13. The minimum absolute atomic E-state index is 0.147. The number of rotatable bonds is 6. The zero-order valence-electron chi connectivity index (χ0n) is 10.7. The Morgan fingerprint density at radius 1 is 1.00 bits per heavy atom. The van der Waals surface area contributed by atoms with E-state index in [1.165, 1.54) is 0 Å². The molecule has 2 aromatic rings. The summed E-state index contributed by atoms with van der Waals surface area (Å²) < 4.78 is 0. The number of carbonyl (C=O) groups excluding carboxylic acids is 1. The molecule has 100 valence electrons. The zero-order valence-corrected chi connectivity index (χ0v) is 10.7. The molecule has 0 heterocycles. The van der Waals surface area contributed by atoms with Gasteiger partial charge in [0.25, 0.3) is 0 Å². The average molecular weight is 267 g/mol. The van der Waals surface area contributed by atoms with Gasteiger partial charge in [0.15, 0.2) is 11.1 Å². The second-order valence-electron chi connectivity index (χ2n) is 4.12. The van der Waals surface area contributed by atoms with Gasteiger partial charge in [-0.3, -0.25) is 4.79 Å². The Bertz CT molecular complexity index is 606. The largest absolute Gasteiger partial charge is 0.359 e. The third-order valence-electron chi connectivity index (χ3n) is 2.74. The topological polar surface area (TPSA) is 55.7 Å². The number of nitrogens with zero attached hydrogens (tertiary/aromatic N) is 1. The van der Waals surface area contributed by atoms with Crippen LogP contribution in [0.2, 0.25) is 0 Å². The molecule has 0 saturated carbocycles. The Kier molecular flexibility index (Phi) is 4.78. The van der Waals surface area contributed by atoms with Crippen molar-refractivity contribution in [3.05, 3.63) is 82.3 Å². The third-order valence-corrected chi connectivity index (χ3v) is 2.74. The van der Waals surface area contributed by atoms with Crippen molar-refractivity contribution in [2.24, 2.45) is 5.34 Å². The van der Waals surface area contributed by atoms with Crippen LogP contribution in [0.5, 0.6) is 0 Å². The molecule has 0 amide bonds. The van der Waals surface area contributed by atoms with E-state index in [4.69, 9.17) is 0 Å². The smallest absolute Gasteiger partial charge is 0.192 e. The van der Waals surface area contributed by atoms with Crippen LogP contribution >= 0.6 is 0 Å². The first-order valence-corrected chi connectivity index (χ1v) is 6.11. The van der Waals surface area contributed by atoms with Gasteiger partial charge in [0.2, 0.25) is 0 Å². The molecular weight excluding hydrogens is 254 g/mol. The van der Waals surface area contributed by atoms with Gasteiger partial charge in [-0.2, -0.15) is 0 Å². The Labute approximate surface area is 116 Å². The molecule has 0 saturated heterocycles. The molecule has 4 heteroatoms. The van der Waals surface area contributed by atoms with E-state index in [0.717, 1.165) is 5.56 Å². The van der Waals surface area contributed by atoms with Crippen molar-refractivity contribution in [3.8, 4) is 0 Å². The quantitative estimate of drug-likeness (QED) is 0.347. The minimum Gasteiger partial charge on any atom is -0.359 e. The van der Waals surface area contributed by atoms with Crippen LogP contribution in [0, 0.1) is 4.91 Å². The number of carbonyl (C=O) groups is 1. The van der Waals surface area contributed by atoms with Gasteiger partial charge in [-0.05, 0) is 11.6 Å². The van der Waals surface area contributed by atoms with Crippen molar-refractivity contribution >= 4 is 11.9 Å². The fraction of sp³-hybridized carbons (Fsp3) is 0.0625. The predicted octanol–water partition coefficient (Wildman–Crippen LogP) is 3.65. The lowest BCUT2D eigenvalue weighted by atomic mass is 10.0. The molecule has 0 aliphatic rings. The van der Waals surface area contributed by atoms with Gasteiger partial charge >= 0.3 is 0 Å². The number of Topliss-reactive ketones (excluding diaryl/α,β-unsaturated/α-hetero) is 1.